The number of aryl methyl sites for hydroxylation is 1. The molecule has 2 aromatic carbocycles. The molecule has 25 heavy (non-hydrogen) atoms. The zero-order valence-electron chi connectivity index (χ0n) is 14.4. The summed E-state index contributed by atoms with van der Waals surface area (Å²) in [5.41, 5.74) is 1.79. The van der Waals surface area contributed by atoms with Gasteiger partial charge in [-0.05, 0) is 49.6 Å². The first kappa shape index (κ1) is 18.6. The average molecular weight is 342 g/mol. The van der Waals surface area contributed by atoms with E-state index in [0.29, 0.717) is 5.56 Å². The van der Waals surface area contributed by atoms with Crippen LogP contribution in [-0.2, 0) is 6.42 Å². The maximum atomic E-state index is 12.2. The number of ketones is 1. The van der Waals surface area contributed by atoms with Gasteiger partial charge >= 0.3 is 0 Å². The second-order valence-electron chi connectivity index (χ2n) is 5.90. The van der Waals surface area contributed by atoms with Crippen molar-refractivity contribution < 1.29 is 14.5 Å². The van der Waals surface area contributed by atoms with Crippen LogP contribution in [0.5, 0.6) is 5.75 Å². The largest absolute Gasteiger partial charge is 0.497 e. The number of carbonyl (C=O) groups is 1. The number of nitrogens with one attached hydrogen (secondary N) is 1. The number of hydrogen-bond donors (Lipinski definition) is 1. The van der Waals surface area contributed by atoms with Gasteiger partial charge in [-0.2, -0.15) is 0 Å². The lowest BCUT2D eigenvalue weighted by Crippen LogP contribution is -2.31. The lowest BCUT2D eigenvalue weighted by atomic mass is 10.1. The number of hydrogen-bond acceptors (Lipinski definition) is 5. The van der Waals surface area contributed by atoms with Crippen LogP contribution in [0.3, 0.4) is 0 Å². The predicted molar refractivity (Wildman–Crippen MR) is 96.2 cm³/mol. The number of methoxy groups -OCH3 is 1. The molecule has 0 aliphatic carbocycles. The fourth-order valence-corrected chi connectivity index (χ4v) is 2.42. The Kier molecular flexibility index (Phi) is 6.65. The minimum absolute atomic E-state index is 0.0323. The molecule has 0 amide bonds. The summed E-state index contributed by atoms with van der Waals surface area (Å²) < 4.78 is 5.08. The van der Waals surface area contributed by atoms with E-state index >= 15 is 0 Å². The molecule has 0 aliphatic heterocycles. The summed E-state index contributed by atoms with van der Waals surface area (Å²) in [6.07, 6.45) is 1.64. The maximum absolute atomic E-state index is 12.2. The van der Waals surface area contributed by atoms with Crippen molar-refractivity contribution in [3.63, 3.8) is 0 Å². The molecule has 2 aromatic rings. The van der Waals surface area contributed by atoms with Crippen molar-refractivity contribution in [2.24, 2.45) is 0 Å². The monoisotopic (exact) mass is 342 g/mol. The number of Topliss-reactive ketones (excluding diaryl/α,β-unsaturated/α-hetero) is 1. The van der Waals surface area contributed by atoms with Crippen LogP contribution in [-0.4, -0.2) is 30.4 Å². The summed E-state index contributed by atoms with van der Waals surface area (Å²) in [7, 11) is 1.59. The van der Waals surface area contributed by atoms with E-state index < -0.39 is 4.92 Å². The van der Waals surface area contributed by atoms with Crippen molar-refractivity contribution in [1.29, 1.82) is 0 Å². The molecule has 0 radical (unpaired) electrons. The van der Waals surface area contributed by atoms with E-state index in [-0.39, 0.29) is 24.1 Å². The molecular weight excluding hydrogens is 320 g/mol. The van der Waals surface area contributed by atoms with Crippen LogP contribution < -0.4 is 10.1 Å². The highest BCUT2D eigenvalue weighted by Crippen LogP contribution is 2.14. The van der Waals surface area contributed by atoms with Crippen LogP contribution in [0, 0.1) is 10.1 Å². The molecule has 0 aromatic heterocycles. The molecule has 0 unspecified atom stereocenters. The van der Waals surface area contributed by atoms with Gasteiger partial charge in [-0.3, -0.25) is 14.9 Å². The molecule has 0 fully saturated rings. The molecule has 0 bridgehead atoms. The van der Waals surface area contributed by atoms with Crippen LogP contribution >= 0.6 is 0 Å². The Morgan fingerprint density at radius 2 is 1.80 bits per heavy atom. The summed E-state index contributed by atoms with van der Waals surface area (Å²) in [6, 6.07) is 13.8. The smallest absolute Gasteiger partial charge is 0.269 e. The molecule has 2 rings (SSSR count). The van der Waals surface area contributed by atoms with Gasteiger partial charge in [0.05, 0.1) is 18.6 Å². The number of benzene rings is 2. The van der Waals surface area contributed by atoms with Gasteiger partial charge in [0.1, 0.15) is 5.75 Å². The summed E-state index contributed by atoms with van der Waals surface area (Å²) in [6.45, 7) is 2.29. The topological polar surface area (TPSA) is 81.5 Å². The second-order valence-corrected chi connectivity index (χ2v) is 5.90. The Morgan fingerprint density at radius 3 is 2.36 bits per heavy atom. The van der Waals surface area contributed by atoms with E-state index in [9.17, 15) is 14.9 Å². The van der Waals surface area contributed by atoms with Crippen molar-refractivity contribution in [1.82, 2.24) is 5.32 Å². The van der Waals surface area contributed by atoms with Gasteiger partial charge in [-0.15, -0.1) is 0 Å². The third kappa shape index (κ3) is 5.69. The van der Waals surface area contributed by atoms with Crippen molar-refractivity contribution >= 4 is 11.5 Å². The highest BCUT2D eigenvalue weighted by molar-refractivity contribution is 5.97. The van der Waals surface area contributed by atoms with Crippen LogP contribution in [0.15, 0.2) is 48.5 Å². The SMILES string of the molecule is COc1ccc(C(=O)CN[C@@H](C)CCc2ccc([N+](=O)[O-])cc2)cc1. The molecule has 1 N–H and O–H groups in total. The van der Waals surface area contributed by atoms with Gasteiger partial charge in [0.15, 0.2) is 5.78 Å². The molecule has 6 nitrogen and oxygen atoms in total. The molecule has 0 saturated heterocycles. The highest BCUT2D eigenvalue weighted by atomic mass is 16.6. The molecular formula is C19H22N2O4. The summed E-state index contributed by atoms with van der Waals surface area (Å²) in [4.78, 5) is 22.4. The lowest BCUT2D eigenvalue weighted by Gasteiger charge is -2.13. The Balaban J connectivity index is 1.76. The van der Waals surface area contributed by atoms with E-state index in [1.165, 1.54) is 12.1 Å². The van der Waals surface area contributed by atoms with E-state index in [4.69, 9.17) is 4.74 Å². The van der Waals surface area contributed by atoms with E-state index in [2.05, 4.69) is 5.32 Å². The molecule has 1 atom stereocenters. The van der Waals surface area contributed by atoms with Gasteiger partial charge in [0.25, 0.3) is 5.69 Å². The van der Waals surface area contributed by atoms with E-state index in [1.807, 2.05) is 6.92 Å². The summed E-state index contributed by atoms with van der Waals surface area (Å²) in [5.74, 6) is 0.755. The Hall–Kier alpha value is -2.73. The van der Waals surface area contributed by atoms with Crippen molar-refractivity contribution in [2.75, 3.05) is 13.7 Å². The lowest BCUT2D eigenvalue weighted by molar-refractivity contribution is -0.384. The highest BCUT2D eigenvalue weighted by Gasteiger charge is 2.09. The fraction of sp³-hybridized carbons (Fsp3) is 0.316. The van der Waals surface area contributed by atoms with Gasteiger partial charge in [-0.1, -0.05) is 12.1 Å². The normalized spacial score (nSPS) is 11.8. The van der Waals surface area contributed by atoms with Crippen molar-refractivity contribution in [3.05, 3.63) is 69.8 Å². The molecule has 0 heterocycles. The third-order valence-corrected chi connectivity index (χ3v) is 4.04. The quantitative estimate of drug-likeness (QED) is 0.429. The standard InChI is InChI=1S/C19H22N2O4/c1-14(3-4-15-5-9-17(10-6-15)21(23)24)20-13-19(22)16-7-11-18(25-2)12-8-16/h5-12,14,20H,3-4,13H2,1-2H3/t14-/m0/s1. The van der Waals surface area contributed by atoms with E-state index in [0.717, 1.165) is 24.2 Å². The number of nitro benzene ring substituents is 1. The first-order valence-electron chi connectivity index (χ1n) is 8.13. The minimum Gasteiger partial charge on any atom is -0.497 e. The summed E-state index contributed by atoms with van der Waals surface area (Å²) in [5, 5.41) is 13.9. The zero-order valence-corrected chi connectivity index (χ0v) is 14.4. The average Bonchev–Trinajstić information content (AvgIpc) is 2.64. The first-order chi connectivity index (χ1) is 12.0. The van der Waals surface area contributed by atoms with E-state index in [1.54, 1.807) is 43.5 Å². The van der Waals surface area contributed by atoms with Crippen LogP contribution in [0.4, 0.5) is 5.69 Å². The number of nitro groups is 1. The third-order valence-electron chi connectivity index (χ3n) is 4.04. The van der Waals surface area contributed by atoms with Crippen LogP contribution in [0.2, 0.25) is 0 Å². The van der Waals surface area contributed by atoms with Gasteiger partial charge in [-0.25, -0.2) is 0 Å². The van der Waals surface area contributed by atoms with Crippen molar-refractivity contribution in [3.8, 4) is 5.75 Å². The minimum atomic E-state index is -0.404. The van der Waals surface area contributed by atoms with Gasteiger partial charge < -0.3 is 10.1 Å². The number of rotatable bonds is 9. The molecule has 0 spiro atoms. The summed E-state index contributed by atoms with van der Waals surface area (Å²) >= 11 is 0. The fourth-order valence-electron chi connectivity index (χ4n) is 2.42. The van der Waals surface area contributed by atoms with Crippen LogP contribution in [0.25, 0.3) is 0 Å². The Bertz CT molecular complexity index is 711. The van der Waals surface area contributed by atoms with Gasteiger partial charge in [0, 0.05) is 23.7 Å². The number of nitrogens with zero attached hydrogens (tertiary/aromatic N) is 1. The number of carbonyl (C=O) groups excluding carboxylic acids is 1. The maximum Gasteiger partial charge on any atom is 0.269 e. The molecule has 6 heteroatoms. The first-order valence-corrected chi connectivity index (χ1v) is 8.13. The number of non-ortho nitro benzene ring substituents is 1. The Labute approximate surface area is 147 Å². The Morgan fingerprint density at radius 1 is 1.16 bits per heavy atom. The molecule has 0 aliphatic rings. The predicted octanol–water partition coefficient (Wildman–Crippen LogP) is 3.40. The number of ether oxygens (including phenoxy) is 1. The van der Waals surface area contributed by atoms with Gasteiger partial charge in [0.2, 0.25) is 0 Å². The molecule has 132 valence electrons. The van der Waals surface area contributed by atoms with Crippen molar-refractivity contribution in [2.45, 2.75) is 25.8 Å². The molecule has 0 saturated carbocycles. The van der Waals surface area contributed by atoms with Crippen LogP contribution in [0.1, 0.15) is 29.3 Å². The second kappa shape index (κ2) is 8.94. The zero-order chi connectivity index (χ0) is 18.2.